The summed E-state index contributed by atoms with van der Waals surface area (Å²) in [7, 11) is 0. The van der Waals surface area contributed by atoms with Crippen LogP contribution >= 0.6 is 22.9 Å². The molecule has 1 N–H and O–H groups in total. The molecule has 17 heavy (non-hydrogen) atoms. The Hall–Kier alpha value is -1.24. The fraction of sp³-hybridized carbons (Fsp3) is 0.100. The van der Waals surface area contributed by atoms with Gasteiger partial charge in [0.1, 0.15) is 22.5 Å². The Morgan fingerprint density at radius 2 is 1.94 bits per heavy atom. The van der Waals surface area contributed by atoms with E-state index in [0.717, 1.165) is 29.5 Å². The summed E-state index contributed by atoms with van der Waals surface area (Å²) in [5.41, 5.74) is 0. The number of aliphatic hydroxyl groups excluding tert-OH is 1. The molecule has 7 heteroatoms. The Labute approximate surface area is 104 Å². The molecule has 2 rings (SSSR count). The number of halogens is 3. The van der Waals surface area contributed by atoms with E-state index >= 15 is 0 Å². The summed E-state index contributed by atoms with van der Waals surface area (Å²) >= 11 is 6.69. The molecular formula is C10H6ClF2NO2S. The third-order valence-electron chi connectivity index (χ3n) is 1.81. The van der Waals surface area contributed by atoms with Crippen LogP contribution in [0.15, 0.2) is 18.2 Å². The van der Waals surface area contributed by atoms with E-state index in [0.29, 0.717) is 4.88 Å². The fourth-order valence-electron chi connectivity index (χ4n) is 1.14. The Balaban J connectivity index is 2.24. The summed E-state index contributed by atoms with van der Waals surface area (Å²) in [5.74, 6) is -1.51. The molecule has 0 aliphatic heterocycles. The van der Waals surface area contributed by atoms with Gasteiger partial charge in [0.15, 0.2) is 0 Å². The van der Waals surface area contributed by atoms with Gasteiger partial charge < -0.3 is 9.84 Å². The molecule has 1 aromatic carbocycles. The monoisotopic (exact) mass is 277 g/mol. The van der Waals surface area contributed by atoms with Crippen molar-refractivity contribution >= 4 is 22.9 Å². The van der Waals surface area contributed by atoms with Crippen LogP contribution < -0.4 is 4.74 Å². The van der Waals surface area contributed by atoms with E-state index in [-0.39, 0.29) is 22.7 Å². The van der Waals surface area contributed by atoms with Crippen LogP contribution in [0.2, 0.25) is 5.15 Å². The average Bonchev–Trinajstić information content (AvgIpc) is 2.57. The number of nitrogens with zero attached hydrogens (tertiary/aromatic N) is 1. The van der Waals surface area contributed by atoms with Gasteiger partial charge in [-0.2, -0.15) is 4.98 Å². The van der Waals surface area contributed by atoms with Gasteiger partial charge in [-0.3, -0.25) is 0 Å². The summed E-state index contributed by atoms with van der Waals surface area (Å²) in [6.07, 6.45) is 0. The molecule has 0 saturated heterocycles. The lowest BCUT2D eigenvalue weighted by molar-refractivity contribution is 0.285. The minimum Gasteiger partial charge on any atom is -0.431 e. The molecule has 0 fully saturated rings. The largest absolute Gasteiger partial charge is 0.431 e. The number of aliphatic hydroxyl groups is 1. The van der Waals surface area contributed by atoms with E-state index in [2.05, 4.69) is 4.98 Å². The van der Waals surface area contributed by atoms with Gasteiger partial charge in [0.05, 0.1) is 11.5 Å². The van der Waals surface area contributed by atoms with E-state index in [1.165, 1.54) is 0 Å². The Morgan fingerprint density at radius 3 is 2.47 bits per heavy atom. The second kappa shape index (κ2) is 4.95. The van der Waals surface area contributed by atoms with Crippen molar-refractivity contribution in [3.05, 3.63) is 39.9 Å². The Kier molecular flexibility index (Phi) is 3.56. The number of benzene rings is 1. The van der Waals surface area contributed by atoms with Crippen LogP contribution in [-0.2, 0) is 6.61 Å². The Morgan fingerprint density at radius 1 is 1.29 bits per heavy atom. The predicted octanol–water partition coefficient (Wildman–Crippen LogP) is 3.36. The molecule has 0 aliphatic carbocycles. The maximum absolute atomic E-state index is 12.9. The third kappa shape index (κ3) is 2.91. The highest BCUT2D eigenvalue weighted by molar-refractivity contribution is 7.13. The van der Waals surface area contributed by atoms with E-state index in [1.807, 2.05) is 0 Å². The molecular weight excluding hydrogens is 272 g/mol. The van der Waals surface area contributed by atoms with Gasteiger partial charge in [-0.1, -0.05) is 22.9 Å². The number of ether oxygens (including phenoxy) is 1. The second-order valence-electron chi connectivity index (χ2n) is 3.06. The molecule has 3 nitrogen and oxygen atoms in total. The van der Waals surface area contributed by atoms with Gasteiger partial charge in [-0.15, -0.1) is 0 Å². The predicted molar refractivity (Wildman–Crippen MR) is 59.5 cm³/mol. The van der Waals surface area contributed by atoms with Gasteiger partial charge in [-0.05, 0) is 0 Å². The second-order valence-corrected chi connectivity index (χ2v) is 4.46. The molecule has 0 spiro atoms. The van der Waals surface area contributed by atoms with Crippen LogP contribution in [0.25, 0.3) is 0 Å². The molecule has 0 saturated carbocycles. The number of rotatable bonds is 3. The average molecular weight is 278 g/mol. The first-order valence-corrected chi connectivity index (χ1v) is 5.68. The van der Waals surface area contributed by atoms with E-state index in [1.54, 1.807) is 0 Å². The van der Waals surface area contributed by atoms with Gasteiger partial charge in [0, 0.05) is 18.2 Å². The molecule has 0 bridgehead atoms. The molecule has 1 aromatic heterocycles. The molecule has 0 atom stereocenters. The minimum atomic E-state index is -0.745. The lowest BCUT2D eigenvalue weighted by Crippen LogP contribution is -1.86. The van der Waals surface area contributed by atoms with Crippen molar-refractivity contribution in [3.8, 4) is 10.9 Å². The van der Waals surface area contributed by atoms with E-state index in [9.17, 15) is 8.78 Å². The van der Waals surface area contributed by atoms with Crippen molar-refractivity contribution < 1.29 is 18.6 Å². The maximum Gasteiger partial charge on any atom is 0.280 e. The summed E-state index contributed by atoms with van der Waals surface area (Å²) in [6, 6.07) is 2.79. The quantitative estimate of drug-likeness (QED) is 0.935. The lowest BCUT2D eigenvalue weighted by Gasteiger charge is -2.01. The summed E-state index contributed by atoms with van der Waals surface area (Å²) in [4.78, 5) is 4.22. The third-order valence-corrected chi connectivity index (χ3v) is 3.16. The van der Waals surface area contributed by atoms with Gasteiger partial charge in [-0.25, -0.2) is 8.78 Å². The first-order valence-electron chi connectivity index (χ1n) is 4.48. The molecule has 2 aromatic rings. The first kappa shape index (κ1) is 12.2. The fourth-order valence-corrected chi connectivity index (χ4v) is 2.12. The van der Waals surface area contributed by atoms with Crippen molar-refractivity contribution in [1.82, 2.24) is 4.98 Å². The van der Waals surface area contributed by atoms with Crippen molar-refractivity contribution in [2.24, 2.45) is 0 Å². The summed E-state index contributed by atoms with van der Waals surface area (Å²) < 4.78 is 30.9. The first-order chi connectivity index (χ1) is 8.08. The van der Waals surface area contributed by atoms with Crippen molar-refractivity contribution in [2.75, 3.05) is 0 Å². The standard InChI is InChI=1S/C10H6ClF2NO2S/c11-9-8(4-15)17-10(14-9)16-7-2-5(12)1-6(13)3-7/h1-3,15H,4H2. The topological polar surface area (TPSA) is 42.4 Å². The maximum atomic E-state index is 12.9. The Bertz CT molecular complexity index is 527. The van der Waals surface area contributed by atoms with Crippen LogP contribution in [0, 0.1) is 11.6 Å². The minimum absolute atomic E-state index is 0.0163. The highest BCUT2D eigenvalue weighted by Crippen LogP contribution is 2.32. The van der Waals surface area contributed by atoms with Crippen LogP contribution in [-0.4, -0.2) is 10.1 Å². The van der Waals surface area contributed by atoms with Crippen molar-refractivity contribution in [2.45, 2.75) is 6.61 Å². The molecule has 90 valence electrons. The SMILES string of the molecule is OCc1sc(Oc2cc(F)cc(F)c2)nc1Cl. The highest BCUT2D eigenvalue weighted by atomic mass is 35.5. The normalized spacial score (nSPS) is 10.6. The molecule has 0 unspecified atom stereocenters. The van der Waals surface area contributed by atoms with Crippen LogP contribution in [0.5, 0.6) is 10.9 Å². The van der Waals surface area contributed by atoms with Gasteiger partial charge >= 0.3 is 0 Å². The van der Waals surface area contributed by atoms with Gasteiger partial charge in [0.25, 0.3) is 5.19 Å². The summed E-state index contributed by atoms with van der Waals surface area (Å²) in [5, 5.41) is 9.13. The van der Waals surface area contributed by atoms with Crippen LogP contribution in [0.3, 0.4) is 0 Å². The number of hydrogen-bond donors (Lipinski definition) is 1. The summed E-state index contributed by atoms with van der Waals surface area (Å²) in [6.45, 7) is -0.266. The zero-order valence-corrected chi connectivity index (χ0v) is 9.86. The van der Waals surface area contributed by atoms with E-state index in [4.69, 9.17) is 21.4 Å². The zero-order chi connectivity index (χ0) is 12.4. The smallest absolute Gasteiger partial charge is 0.280 e. The zero-order valence-electron chi connectivity index (χ0n) is 8.28. The molecule has 1 heterocycles. The van der Waals surface area contributed by atoms with Crippen molar-refractivity contribution in [3.63, 3.8) is 0 Å². The molecule has 0 amide bonds. The lowest BCUT2D eigenvalue weighted by atomic mass is 10.3. The van der Waals surface area contributed by atoms with Crippen LogP contribution in [0.1, 0.15) is 4.88 Å². The number of hydrogen-bond acceptors (Lipinski definition) is 4. The molecule has 0 radical (unpaired) electrons. The number of thiazole rings is 1. The van der Waals surface area contributed by atoms with E-state index < -0.39 is 11.6 Å². The van der Waals surface area contributed by atoms with Crippen molar-refractivity contribution in [1.29, 1.82) is 0 Å². The van der Waals surface area contributed by atoms with Gasteiger partial charge in [0.2, 0.25) is 0 Å². The van der Waals surface area contributed by atoms with Crippen LogP contribution in [0.4, 0.5) is 8.78 Å². The molecule has 0 aliphatic rings. The highest BCUT2D eigenvalue weighted by Gasteiger charge is 2.11. The number of aromatic nitrogens is 1.